The van der Waals surface area contributed by atoms with E-state index in [-0.39, 0.29) is 16.8 Å². The fourth-order valence-electron chi connectivity index (χ4n) is 2.18. The fraction of sp³-hybridized carbons (Fsp3) is 0.462. The quantitative estimate of drug-likeness (QED) is 0.582. The van der Waals surface area contributed by atoms with E-state index in [0.29, 0.717) is 37.3 Å². The zero-order valence-electron chi connectivity index (χ0n) is 11.8. The lowest BCUT2D eigenvalue weighted by Crippen LogP contribution is -2.42. The highest BCUT2D eigenvalue weighted by molar-refractivity contribution is 7.89. The summed E-state index contributed by atoms with van der Waals surface area (Å²) in [6, 6.07) is 4.60. The summed E-state index contributed by atoms with van der Waals surface area (Å²) in [6.07, 6.45) is 1.14. The molecular formula is C13H20N4O3S. The van der Waals surface area contributed by atoms with Crippen LogP contribution in [0.15, 0.2) is 23.1 Å². The molecule has 7 nitrogen and oxygen atoms in total. The SMILES string of the molecule is CCNS(=O)(=O)c1ccc(N)c(NC2CCC(=O)NC2)c1. The van der Waals surface area contributed by atoms with Gasteiger partial charge in [-0.3, -0.25) is 4.79 Å². The molecule has 8 heteroatoms. The van der Waals surface area contributed by atoms with Gasteiger partial charge in [-0.1, -0.05) is 6.92 Å². The van der Waals surface area contributed by atoms with Gasteiger partial charge in [0.15, 0.2) is 0 Å². The van der Waals surface area contributed by atoms with Crippen molar-refractivity contribution in [3.05, 3.63) is 18.2 Å². The van der Waals surface area contributed by atoms with Gasteiger partial charge in [0, 0.05) is 25.6 Å². The van der Waals surface area contributed by atoms with E-state index in [0.717, 1.165) is 0 Å². The van der Waals surface area contributed by atoms with E-state index in [4.69, 9.17) is 5.73 Å². The van der Waals surface area contributed by atoms with Crippen LogP contribution in [0, 0.1) is 0 Å². The van der Waals surface area contributed by atoms with Gasteiger partial charge in [0.2, 0.25) is 15.9 Å². The number of piperidine rings is 1. The van der Waals surface area contributed by atoms with E-state index in [1.165, 1.54) is 12.1 Å². The Morgan fingerprint density at radius 2 is 2.19 bits per heavy atom. The van der Waals surface area contributed by atoms with Gasteiger partial charge in [-0.2, -0.15) is 0 Å². The molecule has 1 fully saturated rings. The Kier molecular flexibility index (Phi) is 4.69. The Labute approximate surface area is 124 Å². The first kappa shape index (κ1) is 15.6. The van der Waals surface area contributed by atoms with E-state index in [2.05, 4.69) is 15.4 Å². The molecule has 0 bridgehead atoms. The lowest BCUT2D eigenvalue weighted by atomic mass is 10.1. The summed E-state index contributed by atoms with van der Waals surface area (Å²) in [5, 5.41) is 5.96. The maximum absolute atomic E-state index is 12.0. The molecule has 1 unspecified atom stereocenters. The lowest BCUT2D eigenvalue weighted by molar-refractivity contribution is -0.122. The number of nitrogens with one attached hydrogen (secondary N) is 3. The highest BCUT2D eigenvalue weighted by Gasteiger charge is 2.20. The molecule has 1 aliphatic rings. The minimum atomic E-state index is -3.51. The van der Waals surface area contributed by atoms with Gasteiger partial charge in [-0.05, 0) is 24.6 Å². The Bertz CT molecular complexity index is 620. The third-order valence-electron chi connectivity index (χ3n) is 3.29. The highest BCUT2D eigenvalue weighted by atomic mass is 32.2. The molecule has 0 aromatic heterocycles. The number of anilines is 2. The molecule has 1 saturated heterocycles. The van der Waals surface area contributed by atoms with Crippen molar-refractivity contribution < 1.29 is 13.2 Å². The third kappa shape index (κ3) is 3.85. The van der Waals surface area contributed by atoms with Gasteiger partial charge < -0.3 is 16.4 Å². The van der Waals surface area contributed by atoms with Crippen molar-refractivity contribution in [2.75, 3.05) is 24.1 Å². The van der Waals surface area contributed by atoms with Gasteiger partial charge in [-0.15, -0.1) is 0 Å². The van der Waals surface area contributed by atoms with Crippen molar-refractivity contribution in [2.24, 2.45) is 0 Å². The predicted octanol–water partition coefficient (Wildman–Crippen LogP) is 0.258. The molecule has 1 atom stereocenters. The molecule has 0 radical (unpaired) electrons. The molecule has 0 aliphatic carbocycles. The van der Waals surface area contributed by atoms with Crippen LogP contribution < -0.4 is 21.1 Å². The normalized spacial score (nSPS) is 19.1. The Balaban J connectivity index is 2.18. The second kappa shape index (κ2) is 6.31. The Morgan fingerprint density at radius 1 is 1.43 bits per heavy atom. The first-order valence-electron chi connectivity index (χ1n) is 6.85. The topological polar surface area (TPSA) is 113 Å². The molecule has 5 N–H and O–H groups in total. The number of rotatable bonds is 5. The van der Waals surface area contributed by atoms with Crippen LogP contribution in [0.5, 0.6) is 0 Å². The number of nitrogens with two attached hydrogens (primary N) is 1. The molecule has 1 amide bonds. The van der Waals surface area contributed by atoms with Crippen molar-refractivity contribution in [1.29, 1.82) is 0 Å². The van der Waals surface area contributed by atoms with E-state index >= 15 is 0 Å². The number of benzene rings is 1. The van der Waals surface area contributed by atoms with E-state index in [1.54, 1.807) is 13.0 Å². The zero-order chi connectivity index (χ0) is 15.5. The maximum atomic E-state index is 12.0. The number of amides is 1. The second-order valence-corrected chi connectivity index (χ2v) is 6.70. The fourth-order valence-corrected chi connectivity index (χ4v) is 3.24. The van der Waals surface area contributed by atoms with Crippen LogP contribution in [0.3, 0.4) is 0 Å². The minimum Gasteiger partial charge on any atom is -0.397 e. The van der Waals surface area contributed by atoms with Crippen LogP contribution >= 0.6 is 0 Å². The number of nitrogen functional groups attached to an aromatic ring is 1. The predicted molar refractivity (Wildman–Crippen MR) is 81.4 cm³/mol. The summed E-state index contributed by atoms with van der Waals surface area (Å²) < 4.78 is 26.4. The molecule has 1 aromatic rings. The minimum absolute atomic E-state index is 0.0319. The van der Waals surface area contributed by atoms with Crippen LogP contribution in [0.2, 0.25) is 0 Å². The Morgan fingerprint density at radius 3 is 2.81 bits per heavy atom. The van der Waals surface area contributed by atoms with Gasteiger partial charge in [0.25, 0.3) is 0 Å². The summed E-state index contributed by atoms with van der Waals surface area (Å²) in [6.45, 7) is 2.55. The van der Waals surface area contributed by atoms with Gasteiger partial charge >= 0.3 is 0 Å². The van der Waals surface area contributed by atoms with Gasteiger partial charge in [-0.25, -0.2) is 13.1 Å². The average molecular weight is 312 g/mol. The number of carbonyl (C=O) groups is 1. The van der Waals surface area contributed by atoms with Crippen LogP contribution in [0.1, 0.15) is 19.8 Å². The number of sulfonamides is 1. The molecule has 1 heterocycles. The molecule has 21 heavy (non-hydrogen) atoms. The third-order valence-corrected chi connectivity index (χ3v) is 4.84. The molecule has 1 aliphatic heterocycles. The molecule has 1 aromatic carbocycles. The molecule has 2 rings (SSSR count). The first-order chi connectivity index (χ1) is 9.92. The summed E-state index contributed by atoms with van der Waals surface area (Å²) in [7, 11) is -3.51. The standard InChI is InChI=1S/C13H20N4O3S/c1-2-16-21(19,20)10-4-5-11(14)12(7-10)17-9-3-6-13(18)15-8-9/h4-5,7,9,16-17H,2-3,6,8,14H2,1H3,(H,15,18). The van der Waals surface area contributed by atoms with E-state index < -0.39 is 10.0 Å². The van der Waals surface area contributed by atoms with Gasteiger partial charge in [0.1, 0.15) is 0 Å². The Hall–Kier alpha value is -1.80. The molecule has 0 saturated carbocycles. The van der Waals surface area contributed by atoms with Crippen molar-refractivity contribution in [3.8, 4) is 0 Å². The lowest BCUT2D eigenvalue weighted by Gasteiger charge is -2.25. The summed E-state index contributed by atoms with van der Waals surface area (Å²) in [4.78, 5) is 11.3. The van der Waals surface area contributed by atoms with Crippen LogP contribution in [-0.4, -0.2) is 33.5 Å². The van der Waals surface area contributed by atoms with Crippen molar-refractivity contribution in [1.82, 2.24) is 10.0 Å². The molecule has 0 spiro atoms. The van der Waals surface area contributed by atoms with Crippen LogP contribution in [0.25, 0.3) is 0 Å². The summed E-state index contributed by atoms with van der Waals surface area (Å²) >= 11 is 0. The number of carbonyl (C=O) groups excluding carboxylic acids is 1. The summed E-state index contributed by atoms with van der Waals surface area (Å²) in [5.41, 5.74) is 6.93. The second-order valence-electron chi connectivity index (χ2n) is 4.93. The van der Waals surface area contributed by atoms with Crippen molar-refractivity contribution in [3.63, 3.8) is 0 Å². The maximum Gasteiger partial charge on any atom is 0.240 e. The van der Waals surface area contributed by atoms with E-state index in [9.17, 15) is 13.2 Å². The number of hydrogen-bond acceptors (Lipinski definition) is 5. The molecular weight excluding hydrogens is 292 g/mol. The number of hydrogen-bond donors (Lipinski definition) is 4. The summed E-state index contributed by atoms with van der Waals surface area (Å²) in [5.74, 6) is 0.0319. The average Bonchev–Trinajstić information content (AvgIpc) is 2.43. The monoisotopic (exact) mass is 312 g/mol. The smallest absolute Gasteiger partial charge is 0.240 e. The largest absolute Gasteiger partial charge is 0.397 e. The zero-order valence-corrected chi connectivity index (χ0v) is 12.7. The van der Waals surface area contributed by atoms with E-state index in [1.807, 2.05) is 0 Å². The highest BCUT2D eigenvalue weighted by Crippen LogP contribution is 2.24. The van der Waals surface area contributed by atoms with Crippen molar-refractivity contribution in [2.45, 2.75) is 30.7 Å². The molecule has 116 valence electrons. The van der Waals surface area contributed by atoms with Crippen LogP contribution in [0.4, 0.5) is 11.4 Å². The van der Waals surface area contributed by atoms with Crippen LogP contribution in [-0.2, 0) is 14.8 Å². The van der Waals surface area contributed by atoms with Gasteiger partial charge in [0.05, 0.1) is 16.3 Å². The first-order valence-corrected chi connectivity index (χ1v) is 8.33. The van der Waals surface area contributed by atoms with Crippen molar-refractivity contribution >= 4 is 27.3 Å².